The van der Waals surface area contributed by atoms with Crippen molar-refractivity contribution in [1.29, 1.82) is 0 Å². The molecule has 4 nitrogen and oxygen atoms in total. The van der Waals surface area contributed by atoms with Crippen LogP contribution in [-0.2, 0) is 0 Å². The van der Waals surface area contributed by atoms with E-state index in [-0.39, 0.29) is 24.8 Å². The topological polar surface area (TPSA) is 60.9 Å². The summed E-state index contributed by atoms with van der Waals surface area (Å²) in [5, 5.41) is 4.37. The number of primary amides is 1. The molecule has 1 fully saturated rings. The molecule has 0 aromatic carbocycles. The van der Waals surface area contributed by atoms with Crippen LogP contribution in [-0.4, -0.2) is 21.6 Å². The summed E-state index contributed by atoms with van der Waals surface area (Å²) >= 11 is 0. The van der Waals surface area contributed by atoms with Crippen LogP contribution in [0, 0.1) is 6.92 Å². The van der Waals surface area contributed by atoms with Crippen LogP contribution in [0.3, 0.4) is 0 Å². The predicted molar refractivity (Wildman–Crippen MR) is 72.0 cm³/mol. The summed E-state index contributed by atoms with van der Waals surface area (Å²) in [4.78, 5) is 11.7. The van der Waals surface area contributed by atoms with Gasteiger partial charge in [-0.2, -0.15) is 5.10 Å². The van der Waals surface area contributed by atoms with E-state index in [1.54, 1.807) is 4.68 Å². The van der Waals surface area contributed by atoms with E-state index in [2.05, 4.69) is 5.10 Å². The third-order valence-electron chi connectivity index (χ3n) is 3.98. The molecule has 2 N–H and O–H groups in total. The predicted octanol–water partition coefficient (Wildman–Crippen LogP) is 3.16. The third kappa shape index (κ3) is 2.69. The Kier molecular flexibility index (Phi) is 3.84. The lowest BCUT2D eigenvalue weighted by Crippen LogP contribution is -2.26. The van der Waals surface area contributed by atoms with Gasteiger partial charge in [-0.25, -0.2) is 8.78 Å². The lowest BCUT2D eigenvalue weighted by molar-refractivity contribution is -0.0382. The zero-order chi connectivity index (χ0) is 15.1. The molecule has 2 rings (SSSR count). The van der Waals surface area contributed by atoms with E-state index in [0.29, 0.717) is 18.5 Å². The summed E-state index contributed by atoms with van der Waals surface area (Å²) in [6.45, 7) is 5.64. The largest absolute Gasteiger partial charge is 0.364 e. The number of hydrogen-bond acceptors (Lipinski definition) is 2. The van der Waals surface area contributed by atoms with E-state index in [9.17, 15) is 13.6 Å². The highest BCUT2D eigenvalue weighted by atomic mass is 19.3. The molecule has 1 aromatic rings. The van der Waals surface area contributed by atoms with Gasteiger partial charge in [0, 0.05) is 24.4 Å². The maximum Gasteiger partial charge on any atom is 0.267 e. The Morgan fingerprint density at radius 3 is 2.40 bits per heavy atom. The van der Waals surface area contributed by atoms with E-state index in [1.165, 1.54) is 0 Å². The van der Waals surface area contributed by atoms with Crippen molar-refractivity contribution in [3.05, 3.63) is 17.0 Å². The molecule has 1 aromatic heterocycles. The van der Waals surface area contributed by atoms with Gasteiger partial charge in [0.2, 0.25) is 5.92 Å². The minimum atomic E-state index is -2.58. The van der Waals surface area contributed by atoms with E-state index in [4.69, 9.17) is 5.73 Å². The maximum absolute atomic E-state index is 13.3. The number of halogens is 2. The van der Waals surface area contributed by atoms with Crippen LogP contribution < -0.4 is 5.73 Å². The van der Waals surface area contributed by atoms with E-state index < -0.39 is 11.8 Å². The SMILES string of the molecule is Cc1nn(C(C)C)c(C(N)=O)c1C1CCC(F)(F)CC1. The summed E-state index contributed by atoms with van der Waals surface area (Å²) < 4.78 is 28.2. The van der Waals surface area contributed by atoms with Gasteiger partial charge in [-0.3, -0.25) is 9.48 Å². The molecule has 6 heteroatoms. The number of rotatable bonds is 3. The monoisotopic (exact) mass is 285 g/mol. The molecule has 1 amide bonds. The molecule has 1 heterocycles. The van der Waals surface area contributed by atoms with Gasteiger partial charge in [-0.1, -0.05) is 0 Å². The molecule has 0 atom stereocenters. The standard InChI is InChI=1S/C14H21F2N3O/c1-8(2)19-12(13(17)20)11(9(3)18-19)10-4-6-14(15,16)7-5-10/h8,10H,4-7H2,1-3H3,(H2,17,20). The average Bonchev–Trinajstić information content (AvgIpc) is 2.67. The molecule has 0 spiro atoms. The molecule has 20 heavy (non-hydrogen) atoms. The zero-order valence-corrected chi connectivity index (χ0v) is 12.1. The average molecular weight is 285 g/mol. The molecule has 0 bridgehead atoms. The summed E-state index contributed by atoms with van der Waals surface area (Å²) in [5.74, 6) is -3.16. The van der Waals surface area contributed by atoms with Crippen LogP contribution in [0.1, 0.15) is 73.2 Å². The highest BCUT2D eigenvalue weighted by Crippen LogP contribution is 2.42. The minimum absolute atomic E-state index is 0.00924. The fourth-order valence-electron chi connectivity index (χ4n) is 3.00. The van der Waals surface area contributed by atoms with Crippen molar-refractivity contribution in [1.82, 2.24) is 9.78 Å². The van der Waals surface area contributed by atoms with E-state index >= 15 is 0 Å². The number of alkyl halides is 2. The number of amides is 1. The van der Waals surface area contributed by atoms with Crippen LogP contribution in [0.4, 0.5) is 8.78 Å². The Morgan fingerprint density at radius 2 is 1.95 bits per heavy atom. The smallest absolute Gasteiger partial charge is 0.267 e. The number of aromatic nitrogens is 2. The zero-order valence-electron chi connectivity index (χ0n) is 12.1. The van der Waals surface area contributed by atoms with E-state index in [1.807, 2.05) is 20.8 Å². The normalized spacial score (nSPS) is 19.5. The fourth-order valence-corrected chi connectivity index (χ4v) is 3.00. The Hall–Kier alpha value is -1.46. The number of nitrogens with zero attached hydrogens (tertiary/aromatic N) is 2. The molecule has 1 saturated carbocycles. The third-order valence-corrected chi connectivity index (χ3v) is 3.98. The van der Waals surface area contributed by atoms with Gasteiger partial charge < -0.3 is 5.73 Å². The Balaban J connectivity index is 2.39. The fraction of sp³-hybridized carbons (Fsp3) is 0.714. The first-order valence-electron chi connectivity index (χ1n) is 6.99. The Morgan fingerprint density at radius 1 is 1.40 bits per heavy atom. The molecule has 0 radical (unpaired) electrons. The molecule has 1 aliphatic carbocycles. The van der Waals surface area contributed by atoms with Gasteiger partial charge in [0.05, 0.1) is 5.69 Å². The van der Waals surface area contributed by atoms with E-state index in [0.717, 1.165) is 11.3 Å². The summed E-state index contributed by atoms with van der Waals surface area (Å²) in [6, 6.07) is 0.00924. The second kappa shape index (κ2) is 5.14. The first-order chi connectivity index (χ1) is 9.23. The van der Waals surface area contributed by atoms with Gasteiger partial charge in [-0.15, -0.1) is 0 Å². The van der Waals surface area contributed by atoms with Crippen molar-refractivity contribution in [3.63, 3.8) is 0 Å². The van der Waals surface area contributed by atoms with Crippen LogP contribution in [0.2, 0.25) is 0 Å². The van der Waals surface area contributed by atoms with Gasteiger partial charge in [-0.05, 0) is 39.5 Å². The van der Waals surface area contributed by atoms with Gasteiger partial charge >= 0.3 is 0 Å². The number of carbonyl (C=O) groups is 1. The van der Waals surface area contributed by atoms with Crippen LogP contribution in [0.25, 0.3) is 0 Å². The molecule has 0 unspecified atom stereocenters. The Bertz CT molecular complexity index is 513. The van der Waals surface area contributed by atoms with Crippen LogP contribution >= 0.6 is 0 Å². The highest BCUT2D eigenvalue weighted by molar-refractivity contribution is 5.93. The highest BCUT2D eigenvalue weighted by Gasteiger charge is 2.38. The molecular weight excluding hydrogens is 264 g/mol. The Labute approximate surface area is 117 Å². The maximum atomic E-state index is 13.3. The summed E-state index contributed by atoms with van der Waals surface area (Å²) in [5.41, 5.74) is 7.35. The van der Waals surface area contributed by atoms with Gasteiger partial charge in [0.15, 0.2) is 0 Å². The lowest BCUT2D eigenvalue weighted by atomic mass is 9.81. The van der Waals surface area contributed by atoms with Crippen molar-refractivity contribution < 1.29 is 13.6 Å². The summed E-state index contributed by atoms with van der Waals surface area (Å²) in [6.07, 6.45) is 0.472. The molecular formula is C14H21F2N3O. The molecule has 1 aliphatic rings. The molecule has 0 aliphatic heterocycles. The van der Waals surface area contributed by atoms with Crippen molar-refractivity contribution in [2.24, 2.45) is 5.73 Å². The number of aryl methyl sites for hydroxylation is 1. The molecule has 112 valence electrons. The second-order valence-electron chi connectivity index (χ2n) is 5.88. The number of nitrogens with two attached hydrogens (primary N) is 1. The minimum Gasteiger partial charge on any atom is -0.364 e. The van der Waals surface area contributed by atoms with Crippen molar-refractivity contribution in [3.8, 4) is 0 Å². The molecule has 0 saturated heterocycles. The van der Waals surface area contributed by atoms with Crippen molar-refractivity contribution in [2.45, 2.75) is 64.3 Å². The first kappa shape index (κ1) is 14.9. The van der Waals surface area contributed by atoms with Gasteiger partial charge in [0.1, 0.15) is 5.69 Å². The van der Waals surface area contributed by atoms with Gasteiger partial charge in [0.25, 0.3) is 5.91 Å². The van der Waals surface area contributed by atoms with Crippen molar-refractivity contribution >= 4 is 5.91 Å². The lowest BCUT2D eigenvalue weighted by Gasteiger charge is -2.28. The van der Waals surface area contributed by atoms with Crippen LogP contribution in [0.5, 0.6) is 0 Å². The van der Waals surface area contributed by atoms with Crippen LogP contribution in [0.15, 0.2) is 0 Å². The van der Waals surface area contributed by atoms with Crippen molar-refractivity contribution in [2.75, 3.05) is 0 Å². The second-order valence-corrected chi connectivity index (χ2v) is 5.88. The quantitative estimate of drug-likeness (QED) is 0.927. The number of carbonyl (C=O) groups excluding carboxylic acids is 1. The first-order valence-corrected chi connectivity index (χ1v) is 6.99. The summed E-state index contributed by atoms with van der Waals surface area (Å²) in [7, 11) is 0. The number of hydrogen-bond donors (Lipinski definition) is 1.